The number of benzene rings is 2. The molecule has 1 amide bonds. The SMILES string of the molecule is CC(C)Oc1ccc(NC(=O)[C@H](C)N(c2ccc(Cl)c(Cl)c2)S(C)(=O)=O)cc1. The third kappa shape index (κ3) is 5.77. The predicted octanol–water partition coefficient (Wildman–Crippen LogP) is 4.57. The van der Waals surface area contributed by atoms with E-state index in [0.29, 0.717) is 16.5 Å². The Morgan fingerprint density at radius 2 is 1.64 bits per heavy atom. The zero-order chi connectivity index (χ0) is 21.1. The Balaban J connectivity index is 2.23. The monoisotopic (exact) mass is 444 g/mol. The van der Waals surface area contributed by atoms with Crippen LogP contribution in [0.5, 0.6) is 5.75 Å². The Kier molecular flexibility index (Phi) is 7.20. The van der Waals surface area contributed by atoms with Gasteiger partial charge in [-0.25, -0.2) is 8.42 Å². The molecular weight excluding hydrogens is 423 g/mol. The van der Waals surface area contributed by atoms with Crippen LogP contribution in [-0.4, -0.2) is 32.7 Å². The predicted molar refractivity (Wildman–Crippen MR) is 114 cm³/mol. The molecule has 0 aromatic heterocycles. The summed E-state index contributed by atoms with van der Waals surface area (Å²) in [6.45, 7) is 5.33. The highest BCUT2D eigenvalue weighted by atomic mass is 35.5. The lowest BCUT2D eigenvalue weighted by molar-refractivity contribution is -0.116. The summed E-state index contributed by atoms with van der Waals surface area (Å²) in [7, 11) is -3.75. The van der Waals surface area contributed by atoms with E-state index in [1.807, 2.05) is 13.8 Å². The summed E-state index contributed by atoms with van der Waals surface area (Å²) < 4.78 is 31.2. The lowest BCUT2D eigenvalue weighted by atomic mass is 10.2. The Morgan fingerprint density at radius 1 is 1.04 bits per heavy atom. The molecule has 0 heterocycles. The topological polar surface area (TPSA) is 75.7 Å². The molecule has 0 unspecified atom stereocenters. The van der Waals surface area contributed by atoms with E-state index in [9.17, 15) is 13.2 Å². The number of amides is 1. The van der Waals surface area contributed by atoms with Gasteiger partial charge in [0, 0.05) is 5.69 Å². The summed E-state index contributed by atoms with van der Waals surface area (Å²) in [6.07, 6.45) is 1.06. The van der Waals surface area contributed by atoms with Gasteiger partial charge < -0.3 is 10.1 Å². The van der Waals surface area contributed by atoms with Crippen molar-refractivity contribution in [2.75, 3.05) is 15.9 Å². The van der Waals surface area contributed by atoms with E-state index in [4.69, 9.17) is 27.9 Å². The molecule has 0 bridgehead atoms. The normalized spacial score (nSPS) is 12.5. The van der Waals surface area contributed by atoms with Crippen molar-refractivity contribution in [3.05, 3.63) is 52.5 Å². The number of hydrogen-bond donors (Lipinski definition) is 1. The highest BCUT2D eigenvalue weighted by molar-refractivity contribution is 7.92. The molecule has 1 atom stereocenters. The molecule has 2 aromatic carbocycles. The van der Waals surface area contributed by atoms with Crippen LogP contribution < -0.4 is 14.4 Å². The summed E-state index contributed by atoms with van der Waals surface area (Å²) in [6, 6.07) is 10.2. The molecule has 152 valence electrons. The first-order chi connectivity index (χ1) is 13.0. The average Bonchev–Trinajstić information content (AvgIpc) is 2.58. The molecule has 28 heavy (non-hydrogen) atoms. The molecule has 0 spiro atoms. The Bertz CT molecular complexity index is 947. The number of hydrogen-bond acceptors (Lipinski definition) is 4. The van der Waals surface area contributed by atoms with Gasteiger partial charge in [0.25, 0.3) is 0 Å². The van der Waals surface area contributed by atoms with Gasteiger partial charge in [0.1, 0.15) is 11.8 Å². The number of sulfonamides is 1. The smallest absolute Gasteiger partial charge is 0.247 e. The molecule has 0 saturated carbocycles. The maximum atomic E-state index is 12.7. The van der Waals surface area contributed by atoms with Gasteiger partial charge in [0.2, 0.25) is 15.9 Å². The van der Waals surface area contributed by atoms with Crippen LogP contribution in [0.3, 0.4) is 0 Å². The molecule has 1 N–H and O–H groups in total. The number of carbonyl (C=O) groups is 1. The summed E-state index contributed by atoms with van der Waals surface area (Å²) in [4.78, 5) is 12.7. The van der Waals surface area contributed by atoms with Gasteiger partial charge >= 0.3 is 0 Å². The zero-order valence-electron chi connectivity index (χ0n) is 15.9. The third-order valence-electron chi connectivity index (χ3n) is 3.74. The third-order valence-corrected chi connectivity index (χ3v) is 5.72. The summed E-state index contributed by atoms with van der Waals surface area (Å²) in [5.74, 6) is 0.184. The molecule has 0 fully saturated rings. The van der Waals surface area contributed by atoms with Crippen molar-refractivity contribution in [2.45, 2.75) is 32.9 Å². The molecule has 0 aliphatic heterocycles. The van der Waals surface area contributed by atoms with E-state index in [-0.39, 0.29) is 16.8 Å². The fraction of sp³-hybridized carbons (Fsp3) is 0.316. The second-order valence-corrected chi connectivity index (χ2v) is 9.19. The number of anilines is 2. The van der Waals surface area contributed by atoms with Crippen molar-refractivity contribution >= 4 is 50.5 Å². The zero-order valence-corrected chi connectivity index (χ0v) is 18.3. The van der Waals surface area contributed by atoms with E-state index in [2.05, 4.69) is 5.32 Å². The number of nitrogens with one attached hydrogen (secondary N) is 1. The van der Waals surface area contributed by atoms with Crippen molar-refractivity contribution in [3.8, 4) is 5.75 Å². The van der Waals surface area contributed by atoms with Gasteiger partial charge in [0.05, 0.1) is 28.1 Å². The van der Waals surface area contributed by atoms with Crippen molar-refractivity contribution < 1.29 is 17.9 Å². The Morgan fingerprint density at radius 3 is 2.14 bits per heavy atom. The second-order valence-electron chi connectivity index (χ2n) is 6.51. The first kappa shape index (κ1) is 22.3. The number of rotatable bonds is 7. The molecule has 0 radical (unpaired) electrons. The lowest BCUT2D eigenvalue weighted by Crippen LogP contribution is -2.45. The van der Waals surface area contributed by atoms with Gasteiger partial charge in [-0.05, 0) is 63.2 Å². The molecule has 0 aliphatic rings. The van der Waals surface area contributed by atoms with E-state index >= 15 is 0 Å². The molecule has 2 aromatic rings. The fourth-order valence-electron chi connectivity index (χ4n) is 2.57. The molecule has 0 saturated heterocycles. The number of nitrogens with zero attached hydrogens (tertiary/aromatic N) is 1. The molecular formula is C19H22Cl2N2O4S. The molecule has 2 rings (SSSR count). The number of ether oxygens (including phenoxy) is 1. The highest BCUT2D eigenvalue weighted by Gasteiger charge is 2.29. The van der Waals surface area contributed by atoms with E-state index < -0.39 is 22.0 Å². The van der Waals surface area contributed by atoms with Crippen molar-refractivity contribution in [1.29, 1.82) is 0 Å². The maximum absolute atomic E-state index is 12.7. The van der Waals surface area contributed by atoms with Gasteiger partial charge in [-0.3, -0.25) is 9.10 Å². The minimum absolute atomic E-state index is 0.0370. The lowest BCUT2D eigenvalue weighted by Gasteiger charge is -2.28. The summed E-state index contributed by atoms with van der Waals surface area (Å²) in [5, 5.41) is 3.20. The first-order valence-electron chi connectivity index (χ1n) is 8.51. The minimum atomic E-state index is -3.75. The second kappa shape index (κ2) is 9.03. The number of halogens is 2. The van der Waals surface area contributed by atoms with Gasteiger partial charge in [-0.2, -0.15) is 0 Å². The van der Waals surface area contributed by atoms with Crippen LogP contribution in [-0.2, 0) is 14.8 Å². The maximum Gasteiger partial charge on any atom is 0.247 e. The van der Waals surface area contributed by atoms with Gasteiger partial charge in [-0.15, -0.1) is 0 Å². The van der Waals surface area contributed by atoms with Crippen LogP contribution in [0.15, 0.2) is 42.5 Å². The first-order valence-corrected chi connectivity index (χ1v) is 11.1. The van der Waals surface area contributed by atoms with E-state index in [0.717, 1.165) is 10.6 Å². The van der Waals surface area contributed by atoms with E-state index in [1.165, 1.54) is 25.1 Å². The largest absolute Gasteiger partial charge is 0.491 e. The van der Waals surface area contributed by atoms with Gasteiger partial charge in [0.15, 0.2) is 0 Å². The van der Waals surface area contributed by atoms with Crippen molar-refractivity contribution in [3.63, 3.8) is 0 Å². The standard InChI is InChI=1S/C19H22Cl2N2O4S/c1-12(2)27-16-8-5-14(6-9-16)22-19(24)13(3)23(28(4,25)26)15-7-10-17(20)18(21)11-15/h5-13H,1-4H3,(H,22,24)/t13-/m0/s1. The van der Waals surface area contributed by atoms with Crippen LogP contribution in [0.2, 0.25) is 10.0 Å². The van der Waals surface area contributed by atoms with Crippen LogP contribution >= 0.6 is 23.2 Å². The number of carbonyl (C=O) groups excluding carboxylic acids is 1. The summed E-state index contributed by atoms with van der Waals surface area (Å²) in [5.41, 5.74) is 0.774. The quantitative estimate of drug-likeness (QED) is 0.677. The van der Waals surface area contributed by atoms with E-state index in [1.54, 1.807) is 24.3 Å². The highest BCUT2D eigenvalue weighted by Crippen LogP contribution is 2.30. The molecule has 6 nitrogen and oxygen atoms in total. The van der Waals surface area contributed by atoms with Crippen molar-refractivity contribution in [2.24, 2.45) is 0 Å². The average molecular weight is 445 g/mol. The fourth-order valence-corrected chi connectivity index (χ4v) is 4.03. The molecule has 0 aliphatic carbocycles. The van der Waals surface area contributed by atoms with Crippen molar-refractivity contribution in [1.82, 2.24) is 0 Å². The van der Waals surface area contributed by atoms with Crippen LogP contribution in [0.25, 0.3) is 0 Å². The summed E-state index contributed by atoms with van der Waals surface area (Å²) >= 11 is 11.9. The Labute approximate surface area is 175 Å². The minimum Gasteiger partial charge on any atom is -0.491 e. The Hall–Kier alpha value is -1.96. The van der Waals surface area contributed by atoms with Crippen LogP contribution in [0.4, 0.5) is 11.4 Å². The van der Waals surface area contributed by atoms with Crippen LogP contribution in [0, 0.1) is 0 Å². The molecule has 9 heteroatoms. The van der Waals surface area contributed by atoms with Crippen LogP contribution in [0.1, 0.15) is 20.8 Å². The van der Waals surface area contributed by atoms with Gasteiger partial charge in [-0.1, -0.05) is 23.2 Å².